The van der Waals surface area contributed by atoms with E-state index in [1.165, 1.54) is 14.2 Å². The summed E-state index contributed by atoms with van der Waals surface area (Å²) in [5.41, 5.74) is 6.29. The fraction of sp³-hybridized carbons (Fsp3) is 0.364. The highest BCUT2D eigenvalue weighted by Gasteiger charge is 2.24. The smallest absolute Gasteiger partial charge is 0.327 e. The van der Waals surface area contributed by atoms with Crippen molar-refractivity contribution in [3.05, 3.63) is 17.7 Å². The van der Waals surface area contributed by atoms with Crippen molar-refractivity contribution >= 4 is 5.97 Å². The van der Waals surface area contributed by atoms with Crippen LogP contribution in [0.1, 0.15) is 11.6 Å². The number of nitrogens with two attached hydrogens (primary N) is 1. The lowest BCUT2D eigenvalue weighted by Gasteiger charge is -2.12. The van der Waals surface area contributed by atoms with E-state index in [1.807, 2.05) is 0 Å². The Hall–Kier alpha value is -1.95. The van der Waals surface area contributed by atoms with Gasteiger partial charge in [0, 0.05) is 0 Å². The molecule has 1 aliphatic heterocycles. The number of fused-ring (bicyclic) bond motifs is 1. The maximum absolute atomic E-state index is 11.4. The zero-order valence-corrected chi connectivity index (χ0v) is 9.56. The molecule has 17 heavy (non-hydrogen) atoms. The summed E-state index contributed by atoms with van der Waals surface area (Å²) in [7, 11) is 2.79. The van der Waals surface area contributed by atoms with Crippen LogP contribution >= 0.6 is 0 Å². The quantitative estimate of drug-likeness (QED) is 0.778. The predicted molar refractivity (Wildman–Crippen MR) is 58.1 cm³/mol. The number of hydrogen-bond donors (Lipinski definition) is 1. The van der Waals surface area contributed by atoms with Crippen LogP contribution in [0.15, 0.2) is 12.1 Å². The predicted octanol–water partition coefficient (Wildman–Crippen LogP) is 0.597. The second-order valence-corrected chi connectivity index (χ2v) is 3.46. The zero-order chi connectivity index (χ0) is 12.4. The minimum absolute atomic E-state index is 0.128. The maximum atomic E-state index is 11.4. The van der Waals surface area contributed by atoms with E-state index < -0.39 is 12.0 Å². The van der Waals surface area contributed by atoms with Crippen LogP contribution in [0.2, 0.25) is 0 Å². The van der Waals surface area contributed by atoms with Crippen LogP contribution in [-0.4, -0.2) is 27.0 Å². The van der Waals surface area contributed by atoms with Gasteiger partial charge in [-0.15, -0.1) is 0 Å². The monoisotopic (exact) mass is 239 g/mol. The molecule has 6 heteroatoms. The van der Waals surface area contributed by atoms with Crippen molar-refractivity contribution in [2.24, 2.45) is 5.73 Å². The lowest BCUT2D eigenvalue weighted by molar-refractivity contribution is -0.142. The first-order chi connectivity index (χ1) is 8.17. The third kappa shape index (κ3) is 1.99. The molecule has 0 saturated heterocycles. The maximum Gasteiger partial charge on any atom is 0.327 e. The summed E-state index contributed by atoms with van der Waals surface area (Å²) < 4.78 is 20.2. The van der Waals surface area contributed by atoms with Gasteiger partial charge in [0.25, 0.3) is 0 Å². The number of benzene rings is 1. The summed E-state index contributed by atoms with van der Waals surface area (Å²) in [4.78, 5) is 11.4. The molecular weight excluding hydrogens is 226 g/mol. The number of carbonyl (C=O) groups excluding carboxylic acids is 1. The summed E-state index contributed by atoms with van der Waals surface area (Å²) >= 11 is 0. The lowest BCUT2D eigenvalue weighted by Crippen LogP contribution is -2.22. The van der Waals surface area contributed by atoms with Crippen molar-refractivity contribution in [2.45, 2.75) is 6.04 Å². The molecule has 0 radical (unpaired) electrons. The number of methoxy groups -OCH3 is 2. The highest BCUT2D eigenvalue weighted by atomic mass is 16.7. The SMILES string of the molecule is COC(=O)C(N)c1cc(OC)c2c(c1)OCO2. The molecule has 0 fully saturated rings. The van der Waals surface area contributed by atoms with Crippen molar-refractivity contribution in [1.29, 1.82) is 0 Å². The number of carbonyl (C=O) groups is 1. The number of ether oxygens (including phenoxy) is 4. The summed E-state index contributed by atoms with van der Waals surface area (Å²) in [6, 6.07) is 2.41. The molecule has 2 N–H and O–H groups in total. The molecule has 0 saturated carbocycles. The molecule has 1 aliphatic rings. The van der Waals surface area contributed by atoms with Crippen LogP contribution in [0.25, 0.3) is 0 Å². The van der Waals surface area contributed by atoms with Crippen LogP contribution < -0.4 is 19.9 Å². The van der Waals surface area contributed by atoms with Gasteiger partial charge in [-0.25, -0.2) is 0 Å². The molecular formula is C11H13NO5. The number of hydrogen-bond acceptors (Lipinski definition) is 6. The van der Waals surface area contributed by atoms with Gasteiger partial charge in [-0.2, -0.15) is 0 Å². The molecule has 0 aliphatic carbocycles. The van der Waals surface area contributed by atoms with Crippen LogP contribution in [0.3, 0.4) is 0 Å². The normalized spacial score (nSPS) is 14.3. The second kappa shape index (κ2) is 4.50. The van der Waals surface area contributed by atoms with E-state index in [0.717, 1.165) is 0 Å². The van der Waals surface area contributed by atoms with Gasteiger partial charge in [0.2, 0.25) is 12.5 Å². The van der Waals surface area contributed by atoms with Gasteiger partial charge in [0.1, 0.15) is 6.04 Å². The van der Waals surface area contributed by atoms with Gasteiger partial charge >= 0.3 is 5.97 Å². The Kier molecular flexibility index (Phi) is 3.06. The Bertz CT molecular complexity index is 446. The van der Waals surface area contributed by atoms with Crippen LogP contribution in [0.5, 0.6) is 17.2 Å². The number of rotatable bonds is 3. The van der Waals surface area contributed by atoms with Crippen molar-refractivity contribution in [3.63, 3.8) is 0 Å². The highest BCUT2D eigenvalue weighted by Crippen LogP contribution is 2.42. The Morgan fingerprint density at radius 3 is 2.82 bits per heavy atom. The number of esters is 1. The first-order valence-corrected chi connectivity index (χ1v) is 4.98. The standard InChI is InChI=1S/C11H13NO5/c1-14-7-3-6(9(12)11(13)15-2)4-8-10(7)17-5-16-8/h3-4,9H,5,12H2,1-2H3. The molecule has 1 atom stereocenters. The molecule has 6 nitrogen and oxygen atoms in total. The minimum Gasteiger partial charge on any atom is -0.493 e. The Morgan fingerprint density at radius 2 is 2.18 bits per heavy atom. The van der Waals surface area contributed by atoms with Gasteiger partial charge in [-0.1, -0.05) is 0 Å². The molecule has 0 aromatic heterocycles. The Morgan fingerprint density at radius 1 is 1.41 bits per heavy atom. The Labute approximate surface area is 98.2 Å². The average Bonchev–Trinajstić information content (AvgIpc) is 2.83. The third-order valence-corrected chi connectivity index (χ3v) is 2.49. The van der Waals surface area contributed by atoms with Crippen molar-refractivity contribution < 1.29 is 23.7 Å². The molecule has 2 rings (SSSR count). The van der Waals surface area contributed by atoms with Gasteiger partial charge in [-0.05, 0) is 17.7 Å². The van der Waals surface area contributed by atoms with Crippen LogP contribution in [0, 0.1) is 0 Å². The molecule has 1 heterocycles. The molecule has 1 unspecified atom stereocenters. The summed E-state index contributed by atoms with van der Waals surface area (Å²) in [5.74, 6) is 0.993. The van der Waals surface area contributed by atoms with Gasteiger partial charge in [0.15, 0.2) is 11.5 Å². The lowest BCUT2D eigenvalue weighted by atomic mass is 10.1. The third-order valence-electron chi connectivity index (χ3n) is 2.49. The zero-order valence-electron chi connectivity index (χ0n) is 9.56. The molecule has 0 bridgehead atoms. The van der Waals surface area contributed by atoms with Gasteiger partial charge in [0.05, 0.1) is 14.2 Å². The van der Waals surface area contributed by atoms with Crippen LogP contribution in [0.4, 0.5) is 0 Å². The van der Waals surface area contributed by atoms with E-state index in [4.69, 9.17) is 19.9 Å². The average molecular weight is 239 g/mol. The van der Waals surface area contributed by atoms with Crippen LogP contribution in [-0.2, 0) is 9.53 Å². The summed E-state index contributed by atoms with van der Waals surface area (Å²) in [6.07, 6.45) is 0. The first-order valence-electron chi connectivity index (χ1n) is 4.98. The molecule has 1 aromatic carbocycles. The fourth-order valence-corrected chi connectivity index (χ4v) is 1.59. The molecule has 92 valence electrons. The van der Waals surface area contributed by atoms with E-state index in [0.29, 0.717) is 22.8 Å². The minimum atomic E-state index is -0.872. The fourth-order valence-electron chi connectivity index (χ4n) is 1.59. The van der Waals surface area contributed by atoms with Gasteiger partial charge in [-0.3, -0.25) is 4.79 Å². The second-order valence-electron chi connectivity index (χ2n) is 3.46. The van der Waals surface area contributed by atoms with E-state index in [-0.39, 0.29) is 6.79 Å². The Balaban J connectivity index is 2.39. The molecule has 1 aromatic rings. The highest BCUT2D eigenvalue weighted by molar-refractivity contribution is 5.78. The largest absolute Gasteiger partial charge is 0.493 e. The summed E-state index contributed by atoms with van der Waals surface area (Å²) in [5, 5.41) is 0. The van der Waals surface area contributed by atoms with E-state index in [1.54, 1.807) is 12.1 Å². The van der Waals surface area contributed by atoms with E-state index in [9.17, 15) is 4.79 Å². The first kappa shape index (κ1) is 11.5. The summed E-state index contributed by atoms with van der Waals surface area (Å²) in [6.45, 7) is 0.128. The molecule has 0 spiro atoms. The van der Waals surface area contributed by atoms with Crippen molar-refractivity contribution in [2.75, 3.05) is 21.0 Å². The molecule has 0 amide bonds. The van der Waals surface area contributed by atoms with Crippen molar-refractivity contribution in [1.82, 2.24) is 0 Å². The van der Waals surface area contributed by atoms with E-state index >= 15 is 0 Å². The van der Waals surface area contributed by atoms with Gasteiger partial charge < -0.3 is 24.7 Å². The van der Waals surface area contributed by atoms with Crippen molar-refractivity contribution in [3.8, 4) is 17.2 Å². The van der Waals surface area contributed by atoms with E-state index in [2.05, 4.69) is 4.74 Å². The topological polar surface area (TPSA) is 80.0 Å².